The molecule has 5 heteroatoms. The average Bonchev–Trinajstić information content (AvgIpc) is 3.17. The fraction of sp³-hybridized carbons (Fsp3) is 0.435. The quantitative estimate of drug-likeness (QED) is 0.747. The van der Waals surface area contributed by atoms with Crippen molar-refractivity contribution in [3.63, 3.8) is 0 Å². The molecule has 1 unspecified atom stereocenters. The summed E-state index contributed by atoms with van der Waals surface area (Å²) in [7, 11) is 0. The maximum absolute atomic E-state index is 12.4. The van der Waals surface area contributed by atoms with Crippen LogP contribution in [-0.4, -0.2) is 37.0 Å². The lowest BCUT2D eigenvalue weighted by Crippen LogP contribution is -2.38. The molecule has 0 bridgehead atoms. The summed E-state index contributed by atoms with van der Waals surface area (Å²) in [5.74, 6) is 0.733. The van der Waals surface area contributed by atoms with Gasteiger partial charge in [0.2, 0.25) is 0 Å². The largest absolute Gasteiger partial charge is 0.483 e. The van der Waals surface area contributed by atoms with Crippen molar-refractivity contribution in [1.82, 2.24) is 10.2 Å². The average molecular weight is 403 g/mol. The topological polar surface area (TPSA) is 41.6 Å². The Morgan fingerprint density at radius 1 is 1.04 bits per heavy atom. The molecule has 0 aromatic heterocycles. The Morgan fingerprint density at radius 2 is 1.64 bits per heavy atom. The predicted molar refractivity (Wildman–Crippen MR) is 116 cm³/mol. The fourth-order valence-electron chi connectivity index (χ4n) is 3.73. The van der Waals surface area contributed by atoms with E-state index < -0.39 is 0 Å². The zero-order chi connectivity index (χ0) is 19.2. The second-order valence-corrected chi connectivity index (χ2v) is 7.48. The summed E-state index contributed by atoms with van der Waals surface area (Å²) in [6.45, 7) is 8.94. The Labute approximate surface area is 174 Å². The van der Waals surface area contributed by atoms with Crippen LogP contribution in [0.3, 0.4) is 0 Å². The third-order valence-electron chi connectivity index (χ3n) is 5.29. The standard InChI is InChI=1S/C23H30N2O2.ClH/c1-17-9-11-20(12-10-17)21(25-13-4-5-14-25)15-24-22(26)16-27-23-18(2)7-6-8-19(23)3;/h6-12,21H,4-5,13-16H2,1-3H3,(H,24,26);1H. The number of nitrogens with one attached hydrogen (secondary N) is 1. The van der Waals surface area contributed by atoms with E-state index >= 15 is 0 Å². The van der Waals surface area contributed by atoms with E-state index in [1.165, 1.54) is 24.0 Å². The van der Waals surface area contributed by atoms with Crippen LogP contribution >= 0.6 is 12.4 Å². The van der Waals surface area contributed by atoms with E-state index in [2.05, 4.69) is 41.4 Å². The van der Waals surface area contributed by atoms with E-state index in [1.807, 2.05) is 32.0 Å². The maximum atomic E-state index is 12.4. The molecule has 1 atom stereocenters. The highest BCUT2D eigenvalue weighted by molar-refractivity contribution is 5.85. The third kappa shape index (κ3) is 5.73. The fourth-order valence-corrected chi connectivity index (χ4v) is 3.73. The lowest BCUT2D eigenvalue weighted by atomic mass is 10.0. The van der Waals surface area contributed by atoms with Gasteiger partial charge in [-0.05, 0) is 63.4 Å². The van der Waals surface area contributed by atoms with Crippen LogP contribution in [0.2, 0.25) is 0 Å². The first-order valence-electron chi connectivity index (χ1n) is 9.81. The van der Waals surface area contributed by atoms with Crippen LogP contribution in [0.1, 0.15) is 41.1 Å². The second-order valence-electron chi connectivity index (χ2n) is 7.48. The van der Waals surface area contributed by atoms with Gasteiger partial charge in [0.1, 0.15) is 5.75 Å². The highest BCUT2D eigenvalue weighted by Gasteiger charge is 2.24. The van der Waals surface area contributed by atoms with Crippen molar-refractivity contribution in [2.45, 2.75) is 39.7 Å². The third-order valence-corrected chi connectivity index (χ3v) is 5.29. The highest BCUT2D eigenvalue weighted by atomic mass is 35.5. The lowest BCUT2D eigenvalue weighted by Gasteiger charge is -2.28. The normalized spacial score (nSPS) is 15.0. The summed E-state index contributed by atoms with van der Waals surface area (Å²) in [6, 6.07) is 14.9. The van der Waals surface area contributed by atoms with Gasteiger partial charge in [-0.3, -0.25) is 9.69 Å². The first kappa shape index (κ1) is 22.3. The van der Waals surface area contributed by atoms with Crippen LogP contribution in [0.15, 0.2) is 42.5 Å². The number of hydrogen-bond donors (Lipinski definition) is 1. The van der Waals surface area contributed by atoms with Crippen molar-refractivity contribution in [3.05, 3.63) is 64.7 Å². The minimum atomic E-state index is -0.0750. The van der Waals surface area contributed by atoms with Crippen LogP contribution in [0.4, 0.5) is 0 Å². The van der Waals surface area contributed by atoms with E-state index in [-0.39, 0.29) is 31.0 Å². The van der Waals surface area contributed by atoms with E-state index in [4.69, 9.17) is 4.74 Å². The van der Waals surface area contributed by atoms with Gasteiger partial charge in [-0.1, -0.05) is 48.0 Å². The van der Waals surface area contributed by atoms with Crippen LogP contribution < -0.4 is 10.1 Å². The highest BCUT2D eigenvalue weighted by Crippen LogP contribution is 2.25. The molecule has 2 aromatic rings. The molecule has 2 aromatic carbocycles. The molecule has 0 radical (unpaired) electrons. The number of benzene rings is 2. The molecular weight excluding hydrogens is 372 g/mol. The molecule has 0 saturated carbocycles. The molecule has 1 aliphatic heterocycles. The summed E-state index contributed by atoms with van der Waals surface area (Å²) < 4.78 is 5.78. The van der Waals surface area contributed by atoms with Crippen molar-refractivity contribution in [1.29, 1.82) is 0 Å². The Kier molecular flexibility index (Phi) is 8.34. The van der Waals surface area contributed by atoms with Crippen molar-refractivity contribution < 1.29 is 9.53 Å². The summed E-state index contributed by atoms with van der Waals surface area (Å²) in [4.78, 5) is 14.9. The molecular formula is C23H31ClN2O2. The summed E-state index contributed by atoms with van der Waals surface area (Å²) in [6.07, 6.45) is 2.46. The molecule has 4 nitrogen and oxygen atoms in total. The minimum Gasteiger partial charge on any atom is -0.483 e. The Morgan fingerprint density at radius 3 is 2.25 bits per heavy atom. The van der Waals surface area contributed by atoms with E-state index in [0.29, 0.717) is 6.54 Å². The van der Waals surface area contributed by atoms with Crippen LogP contribution in [0.5, 0.6) is 5.75 Å². The number of nitrogens with zero attached hydrogens (tertiary/aromatic N) is 1. The zero-order valence-corrected chi connectivity index (χ0v) is 17.8. The number of carbonyl (C=O) groups excluding carboxylic acids is 1. The number of hydrogen-bond acceptors (Lipinski definition) is 3. The Bertz CT molecular complexity index is 750. The SMILES string of the molecule is Cc1ccc(C(CNC(=O)COc2c(C)cccc2C)N2CCCC2)cc1.Cl. The van der Waals surface area contributed by atoms with Gasteiger partial charge in [0, 0.05) is 6.54 Å². The van der Waals surface area contributed by atoms with E-state index in [0.717, 1.165) is 30.0 Å². The smallest absolute Gasteiger partial charge is 0.258 e. The Hall–Kier alpha value is -2.04. The lowest BCUT2D eigenvalue weighted by molar-refractivity contribution is -0.123. The van der Waals surface area contributed by atoms with Gasteiger partial charge >= 0.3 is 0 Å². The van der Waals surface area contributed by atoms with E-state index in [1.54, 1.807) is 0 Å². The number of likely N-dealkylation sites (tertiary alicyclic amines) is 1. The predicted octanol–water partition coefficient (Wildman–Crippen LogP) is 4.37. The van der Waals surface area contributed by atoms with Gasteiger partial charge in [-0.25, -0.2) is 0 Å². The number of para-hydroxylation sites is 1. The van der Waals surface area contributed by atoms with Gasteiger partial charge in [0.25, 0.3) is 5.91 Å². The van der Waals surface area contributed by atoms with Crippen molar-refractivity contribution in [2.75, 3.05) is 26.2 Å². The molecule has 1 N–H and O–H groups in total. The first-order valence-corrected chi connectivity index (χ1v) is 9.81. The monoisotopic (exact) mass is 402 g/mol. The Balaban J connectivity index is 0.00000280. The number of carbonyl (C=O) groups is 1. The van der Waals surface area contributed by atoms with E-state index in [9.17, 15) is 4.79 Å². The van der Waals surface area contributed by atoms with Gasteiger partial charge in [0.05, 0.1) is 6.04 Å². The number of aryl methyl sites for hydroxylation is 3. The van der Waals surface area contributed by atoms with Gasteiger partial charge < -0.3 is 10.1 Å². The van der Waals surface area contributed by atoms with Crippen LogP contribution in [0.25, 0.3) is 0 Å². The summed E-state index contributed by atoms with van der Waals surface area (Å²) in [5, 5.41) is 3.08. The first-order chi connectivity index (χ1) is 13.0. The van der Waals surface area contributed by atoms with Crippen molar-refractivity contribution in [2.24, 2.45) is 0 Å². The van der Waals surface area contributed by atoms with Gasteiger partial charge in [-0.15, -0.1) is 12.4 Å². The van der Waals surface area contributed by atoms with Crippen molar-refractivity contribution in [3.8, 4) is 5.75 Å². The molecule has 3 rings (SSSR count). The summed E-state index contributed by atoms with van der Waals surface area (Å²) in [5.41, 5.74) is 4.62. The molecule has 1 saturated heterocycles. The maximum Gasteiger partial charge on any atom is 0.258 e. The molecule has 1 fully saturated rings. The second kappa shape index (κ2) is 10.5. The molecule has 0 spiro atoms. The van der Waals surface area contributed by atoms with Crippen LogP contribution in [0, 0.1) is 20.8 Å². The minimum absolute atomic E-state index is 0. The van der Waals surface area contributed by atoms with Gasteiger partial charge in [0.15, 0.2) is 6.61 Å². The molecule has 1 heterocycles. The number of halogens is 1. The van der Waals surface area contributed by atoms with Gasteiger partial charge in [-0.2, -0.15) is 0 Å². The van der Waals surface area contributed by atoms with Crippen molar-refractivity contribution >= 4 is 18.3 Å². The number of amides is 1. The molecule has 0 aliphatic carbocycles. The summed E-state index contributed by atoms with van der Waals surface area (Å²) >= 11 is 0. The number of rotatable bonds is 7. The van der Waals surface area contributed by atoms with Crippen LogP contribution in [-0.2, 0) is 4.79 Å². The molecule has 28 heavy (non-hydrogen) atoms. The zero-order valence-electron chi connectivity index (χ0n) is 17.0. The number of ether oxygens (including phenoxy) is 1. The molecule has 152 valence electrons. The molecule has 1 amide bonds. The molecule has 1 aliphatic rings.